The van der Waals surface area contributed by atoms with Crippen molar-refractivity contribution in [1.82, 2.24) is 15.1 Å². The predicted octanol–water partition coefficient (Wildman–Crippen LogP) is 6.12. The van der Waals surface area contributed by atoms with Crippen LogP contribution in [-0.4, -0.2) is 25.9 Å². The summed E-state index contributed by atoms with van der Waals surface area (Å²) in [5, 5.41) is 16.6. The molecule has 1 N–H and O–H groups in total. The molecule has 36 heavy (non-hydrogen) atoms. The smallest absolute Gasteiger partial charge is 0.212 e. The molecule has 1 aliphatic carbocycles. The van der Waals surface area contributed by atoms with Gasteiger partial charge in [0.1, 0.15) is 11.4 Å². The van der Waals surface area contributed by atoms with Crippen LogP contribution in [0.3, 0.4) is 0 Å². The molecule has 1 fully saturated rings. The maximum Gasteiger partial charge on any atom is 0.212 e. The molecule has 0 unspecified atom stereocenters. The van der Waals surface area contributed by atoms with Crippen molar-refractivity contribution in [3.8, 4) is 11.1 Å². The minimum atomic E-state index is -1.86. The summed E-state index contributed by atoms with van der Waals surface area (Å²) in [5.41, 5.74) is 3.87. The number of halogens is 2. The lowest BCUT2D eigenvalue weighted by Gasteiger charge is -2.31. The maximum atomic E-state index is 13.8. The standard InChI is InChI=1S/C28H26F2N4O2/c1-15-11-20(26-17(3)34-36-18(26)4)12-23(27(15)33-16(2)19-5-6-19)28(35,21-7-9-24(29)31-13-21)22-8-10-25(30)32-14-22/h7-14,19,35H,5-6H2,1-4H3. The number of pyridine rings is 2. The quantitative estimate of drug-likeness (QED) is 0.261. The van der Waals surface area contributed by atoms with E-state index in [1.54, 1.807) is 0 Å². The van der Waals surface area contributed by atoms with E-state index in [0.29, 0.717) is 39.7 Å². The Morgan fingerprint density at radius 1 is 1.00 bits per heavy atom. The highest BCUT2D eigenvalue weighted by atomic mass is 19.1. The minimum absolute atomic E-state index is 0.299. The molecule has 3 heterocycles. The van der Waals surface area contributed by atoms with Gasteiger partial charge in [0.05, 0.1) is 11.4 Å². The lowest BCUT2D eigenvalue weighted by atomic mass is 9.79. The summed E-state index contributed by atoms with van der Waals surface area (Å²) in [5.74, 6) is -0.310. The average Bonchev–Trinajstić information content (AvgIpc) is 3.65. The average molecular weight is 489 g/mol. The van der Waals surface area contributed by atoms with Gasteiger partial charge in [0.25, 0.3) is 0 Å². The number of aliphatic imine (C=N–C) groups is 1. The molecular formula is C28H26F2N4O2. The van der Waals surface area contributed by atoms with Gasteiger partial charge < -0.3 is 9.63 Å². The summed E-state index contributed by atoms with van der Waals surface area (Å²) >= 11 is 0. The third kappa shape index (κ3) is 4.22. The Kier molecular flexibility index (Phi) is 6.00. The van der Waals surface area contributed by atoms with E-state index in [1.807, 2.05) is 39.8 Å². The van der Waals surface area contributed by atoms with E-state index in [2.05, 4.69) is 15.1 Å². The molecule has 0 aliphatic heterocycles. The first kappa shape index (κ1) is 23.9. The van der Waals surface area contributed by atoms with Crippen LogP contribution in [-0.2, 0) is 5.60 Å². The van der Waals surface area contributed by atoms with Crippen LogP contribution in [0.15, 0.2) is 58.3 Å². The molecule has 1 saturated carbocycles. The fraction of sp³-hybridized carbons (Fsp3) is 0.286. The third-order valence-corrected chi connectivity index (χ3v) is 6.76. The summed E-state index contributed by atoms with van der Waals surface area (Å²) in [4.78, 5) is 12.5. The highest BCUT2D eigenvalue weighted by Gasteiger charge is 2.38. The molecule has 0 amide bonds. The van der Waals surface area contributed by atoms with E-state index in [-0.39, 0.29) is 0 Å². The van der Waals surface area contributed by atoms with Gasteiger partial charge >= 0.3 is 0 Å². The Hall–Kier alpha value is -3.78. The third-order valence-electron chi connectivity index (χ3n) is 6.76. The second-order valence-electron chi connectivity index (χ2n) is 9.37. The summed E-state index contributed by atoms with van der Waals surface area (Å²) < 4.78 is 33.0. The summed E-state index contributed by atoms with van der Waals surface area (Å²) in [7, 11) is 0. The van der Waals surface area contributed by atoms with Crippen LogP contribution in [0.4, 0.5) is 14.5 Å². The number of hydrogen-bond donors (Lipinski definition) is 1. The zero-order chi connectivity index (χ0) is 25.6. The molecule has 1 aromatic carbocycles. The molecule has 0 atom stereocenters. The molecule has 184 valence electrons. The number of rotatable bonds is 6. The van der Waals surface area contributed by atoms with Crippen molar-refractivity contribution in [3.63, 3.8) is 0 Å². The number of aliphatic hydroxyl groups is 1. The first-order valence-electron chi connectivity index (χ1n) is 11.8. The van der Waals surface area contributed by atoms with Crippen molar-refractivity contribution in [3.05, 3.63) is 94.4 Å². The second-order valence-corrected chi connectivity index (χ2v) is 9.37. The van der Waals surface area contributed by atoms with Gasteiger partial charge in [0.15, 0.2) is 0 Å². The first-order chi connectivity index (χ1) is 17.2. The number of nitrogens with zero attached hydrogens (tertiary/aromatic N) is 4. The molecular weight excluding hydrogens is 462 g/mol. The zero-order valence-electron chi connectivity index (χ0n) is 20.5. The molecule has 0 spiro atoms. The van der Waals surface area contributed by atoms with E-state index in [4.69, 9.17) is 9.52 Å². The number of hydrogen-bond acceptors (Lipinski definition) is 6. The van der Waals surface area contributed by atoms with Gasteiger partial charge in [-0.2, -0.15) is 8.78 Å². The summed E-state index contributed by atoms with van der Waals surface area (Å²) in [6.45, 7) is 7.59. The number of aromatic nitrogens is 3. The van der Waals surface area contributed by atoms with Crippen LogP contribution in [0.25, 0.3) is 11.1 Å². The SMILES string of the molecule is CC(=Nc1c(C)cc(-c2c(C)noc2C)cc1C(O)(c1ccc(F)nc1)c1ccc(F)nc1)C1CC1. The topological polar surface area (TPSA) is 84.4 Å². The summed E-state index contributed by atoms with van der Waals surface area (Å²) in [6, 6.07) is 9.11. The van der Waals surface area contributed by atoms with Crippen LogP contribution < -0.4 is 0 Å². The monoisotopic (exact) mass is 488 g/mol. The number of aryl methyl sites for hydroxylation is 3. The highest BCUT2D eigenvalue weighted by molar-refractivity contribution is 5.90. The Morgan fingerprint density at radius 2 is 1.61 bits per heavy atom. The molecule has 1 aliphatic rings. The van der Waals surface area contributed by atoms with Crippen LogP contribution >= 0.6 is 0 Å². The zero-order valence-corrected chi connectivity index (χ0v) is 20.5. The van der Waals surface area contributed by atoms with Crippen LogP contribution in [0, 0.1) is 38.6 Å². The molecule has 4 aromatic rings. The normalized spacial score (nSPS) is 14.4. The first-order valence-corrected chi connectivity index (χ1v) is 11.8. The van der Waals surface area contributed by atoms with Crippen molar-refractivity contribution in [2.24, 2.45) is 10.9 Å². The fourth-order valence-corrected chi connectivity index (χ4v) is 4.67. The molecule has 0 radical (unpaired) electrons. The Morgan fingerprint density at radius 3 is 2.08 bits per heavy atom. The van der Waals surface area contributed by atoms with E-state index in [9.17, 15) is 13.9 Å². The second kappa shape index (κ2) is 9.02. The largest absolute Gasteiger partial charge is 0.376 e. The van der Waals surface area contributed by atoms with Crippen molar-refractivity contribution < 1.29 is 18.4 Å². The highest BCUT2D eigenvalue weighted by Crippen LogP contribution is 2.45. The molecule has 8 heteroatoms. The Balaban J connectivity index is 1.85. The van der Waals surface area contributed by atoms with Gasteiger partial charge in [-0.25, -0.2) is 9.97 Å². The van der Waals surface area contributed by atoms with Gasteiger partial charge in [-0.3, -0.25) is 4.99 Å². The van der Waals surface area contributed by atoms with E-state index in [1.165, 1.54) is 36.7 Å². The van der Waals surface area contributed by atoms with E-state index >= 15 is 0 Å². The molecule has 5 rings (SSSR count). The van der Waals surface area contributed by atoms with Crippen molar-refractivity contribution in [2.75, 3.05) is 0 Å². The Labute approximate surface area is 207 Å². The lowest BCUT2D eigenvalue weighted by Crippen LogP contribution is -2.30. The summed E-state index contributed by atoms with van der Waals surface area (Å²) in [6.07, 6.45) is 4.71. The maximum absolute atomic E-state index is 13.8. The van der Waals surface area contributed by atoms with E-state index in [0.717, 1.165) is 35.2 Å². The van der Waals surface area contributed by atoms with Gasteiger partial charge in [-0.05, 0) is 94.0 Å². The predicted molar refractivity (Wildman–Crippen MR) is 132 cm³/mol. The van der Waals surface area contributed by atoms with Gasteiger partial charge in [0.2, 0.25) is 11.9 Å². The molecule has 3 aromatic heterocycles. The molecule has 0 saturated heterocycles. The van der Waals surface area contributed by atoms with Gasteiger partial charge in [0, 0.05) is 40.4 Å². The minimum Gasteiger partial charge on any atom is -0.376 e. The molecule has 6 nitrogen and oxygen atoms in total. The molecule has 0 bridgehead atoms. The van der Waals surface area contributed by atoms with Crippen LogP contribution in [0.5, 0.6) is 0 Å². The Bertz CT molecular complexity index is 1390. The van der Waals surface area contributed by atoms with Gasteiger partial charge in [-0.15, -0.1) is 0 Å². The van der Waals surface area contributed by atoms with Crippen molar-refractivity contribution >= 4 is 11.4 Å². The van der Waals surface area contributed by atoms with Crippen LogP contribution in [0.2, 0.25) is 0 Å². The van der Waals surface area contributed by atoms with Crippen molar-refractivity contribution in [1.29, 1.82) is 0 Å². The van der Waals surface area contributed by atoms with Crippen molar-refractivity contribution in [2.45, 2.75) is 46.1 Å². The number of benzene rings is 1. The van der Waals surface area contributed by atoms with E-state index < -0.39 is 17.5 Å². The van der Waals surface area contributed by atoms with Gasteiger partial charge in [-0.1, -0.05) is 5.16 Å². The lowest BCUT2D eigenvalue weighted by molar-refractivity contribution is 0.125. The van der Waals surface area contributed by atoms with Crippen LogP contribution in [0.1, 0.15) is 53.5 Å². The fourth-order valence-electron chi connectivity index (χ4n) is 4.67.